The Bertz CT molecular complexity index is 1480. The van der Waals surface area contributed by atoms with Gasteiger partial charge in [-0.25, -0.2) is 4.98 Å². The maximum atomic E-state index is 12.9. The number of carbonyl (C=O) groups excluding carboxylic acids is 1. The molecule has 9 nitrogen and oxygen atoms in total. The second kappa shape index (κ2) is 10.4. The zero-order valence-electron chi connectivity index (χ0n) is 20.3. The van der Waals surface area contributed by atoms with E-state index in [1.165, 1.54) is 6.07 Å². The predicted molar refractivity (Wildman–Crippen MR) is 149 cm³/mol. The number of carbonyl (C=O) groups is 1. The molecule has 4 aromatic rings. The zero-order chi connectivity index (χ0) is 25.9. The minimum atomic E-state index is -0.517. The van der Waals surface area contributed by atoms with Crippen LogP contribution in [-0.2, 0) is 0 Å². The van der Waals surface area contributed by atoms with E-state index in [0.29, 0.717) is 5.69 Å². The number of nitro benzene ring substituents is 1. The third-order valence-electron chi connectivity index (χ3n) is 6.51. The summed E-state index contributed by atoms with van der Waals surface area (Å²) in [6, 6.07) is 18.2. The quantitative estimate of drug-likeness (QED) is 0.181. The van der Waals surface area contributed by atoms with E-state index in [1.807, 2.05) is 54.3 Å². The number of imidazole rings is 1. The molecule has 5 rings (SSSR count). The highest BCUT2D eigenvalue weighted by molar-refractivity contribution is 7.80. The first-order chi connectivity index (χ1) is 17.9. The fourth-order valence-corrected chi connectivity index (χ4v) is 4.74. The SMILES string of the molecule is Cc1ccc(-c2nc3ccccc3[nH]2)cc1NC(=S)NC(=O)c1ccc(N2CCCCC2)c([N+](=O)[O-])c1. The van der Waals surface area contributed by atoms with E-state index in [1.54, 1.807) is 12.1 Å². The third-order valence-corrected chi connectivity index (χ3v) is 6.71. The molecule has 0 radical (unpaired) electrons. The number of nitrogens with one attached hydrogen (secondary N) is 3. The molecule has 3 N–H and O–H groups in total. The minimum absolute atomic E-state index is 0.0807. The van der Waals surface area contributed by atoms with Crippen molar-refractivity contribution in [3.05, 3.63) is 81.9 Å². The van der Waals surface area contributed by atoms with E-state index in [4.69, 9.17) is 12.2 Å². The summed E-state index contributed by atoms with van der Waals surface area (Å²) in [5.74, 6) is 0.206. The monoisotopic (exact) mass is 514 g/mol. The highest BCUT2D eigenvalue weighted by Gasteiger charge is 2.23. The number of rotatable bonds is 5. The van der Waals surface area contributed by atoms with Gasteiger partial charge in [0.2, 0.25) is 0 Å². The number of aromatic nitrogens is 2. The van der Waals surface area contributed by atoms with Gasteiger partial charge >= 0.3 is 0 Å². The Labute approximate surface area is 219 Å². The summed E-state index contributed by atoms with van der Waals surface area (Å²) in [7, 11) is 0. The molecule has 3 aromatic carbocycles. The summed E-state index contributed by atoms with van der Waals surface area (Å²) in [6.45, 7) is 3.47. The van der Waals surface area contributed by atoms with E-state index < -0.39 is 10.8 Å². The van der Waals surface area contributed by atoms with Crippen LogP contribution in [-0.4, -0.2) is 39.0 Å². The molecule has 37 heavy (non-hydrogen) atoms. The number of amides is 1. The van der Waals surface area contributed by atoms with Crippen LogP contribution in [0.3, 0.4) is 0 Å². The van der Waals surface area contributed by atoms with E-state index in [-0.39, 0.29) is 16.4 Å². The Morgan fingerprint density at radius 1 is 1.08 bits per heavy atom. The molecule has 0 atom stereocenters. The van der Waals surface area contributed by atoms with Crippen molar-refractivity contribution in [2.24, 2.45) is 0 Å². The smallest absolute Gasteiger partial charge is 0.293 e. The number of nitrogens with zero attached hydrogens (tertiary/aromatic N) is 3. The summed E-state index contributed by atoms with van der Waals surface area (Å²) in [6.07, 6.45) is 3.11. The van der Waals surface area contributed by atoms with Crippen molar-refractivity contribution in [1.82, 2.24) is 15.3 Å². The van der Waals surface area contributed by atoms with Crippen LogP contribution in [0.1, 0.15) is 35.2 Å². The zero-order valence-corrected chi connectivity index (χ0v) is 21.1. The summed E-state index contributed by atoms with van der Waals surface area (Å²) in [5, 5.41) is 17.6. The maximum Gasteiger partial charge on any atom is 0.293 e. The van der Waals surface area contributed by atoms with Gasteiger partial charge in [0.1, 0.15) is 11.5 Å². The van der Waals surface area contributed by atoms with Crippen molar-refractivity contribution >= 4 is 51.3 Å². The van der Waals surface area contributed by atoms with Crippen molar-refractivity contribution in [2.75, 3.05) is 23.3 Å². The van der Waals surface area contributed by atoms with Crippen molar-refractivity contribution in [2.45, 2.75) is 26.2 Å². The van der Waals surface area contributed by atoms with Gasteiger partial charge in [0, 0.05) is 36.0 Å². The lowest BCUT2D eigenvalue weighted by molar-refractivity contribution is -0.384. The molecule has 1 aliphatic heterocycles. The molecule has 0 saturated carbocycles. The first kappa shape index (κ1) is 24.4. The van der Waals surface area contributed by atoms with E-state index in [9.17, 15) is 14.9 Å². The third kappa shape index (κ3) is 5.29. The lowest BCUT2D eigenvalue weighted by Gasteiger charge is -2.28. The van der Waals surface area contributed by atoms with Crippen LogP contribution in [0, 0.1) is 17.0 Å². The molecule has 2 heterocycles. The van der Waals surface area contributed by atoms with Gasteiger partial charge in [-0.3, -0.25) is 20.2 Å². The molecule has 0 bridgehead atoms. The average Bonchev–Trinajstić information content (AvgIpc) is 3.34. The van der Waals surface area contributed by atoms with Crippen molar-refractivity contribution in [1.29, 1.82) is 0 Å². The largest absolute Gasteiger partial charge is 0.366 e. The average molecular weight is 515 g/mol. The molecule has 1 aromatic heterocycles. The summed E-state index contributed by atoms with van der Waals surface area (Å²) in [5.41, 5.74) is 4.95. The number of piperidine rings is 1. The van der Waals surface area contributed by atoms with Gasteiger partial charge in [0.05, 0.1) is 16.0 Å². The van der Waals surface area contributed by atoms with Gasteiger partial charge in [0.15, 0.2) is 5.11 Å². The normalized spacial score (nSPS) is 13.4. The fraction of sp³-hybridized carbons (Fsp3) is 0.222. The van der Waals surface area contributed by atoms with Crippen LogP contribution in [0.15, 0.2) is 60.7 Å². The first-order valence-electron chi connectivity index (χ1n) is 12.1. The maximum absolute atomic E-state index is 12.9. The number of hydrogen-bond acceptors (Lipinski definition) is 6. The lowest BCUT2D eigenvalue weighted by Crippen LogP contribution is -2.34. The van der Waals surface area contributed by atoms with Gasteiger partial charge in [0.25, 0.3) is 11.6 Å². The number of fused-ring (bicyclic) bond motifs is 1. The number of aryl methyl sites for hydroxylation is 1. The Morgan fingerprint density at radius 2 is 1.86 bits per heavy atom. The van der Waals surface area contributed by atoms with Crippen LogP contribution < -0.4 is 15.5 Å². The van der Waals surface area contributed by atoms with Crippen LogP contribution in [0.5, 0.6) is 0 Å². The Morgan fingerprint density at radius 3 is 2.62 bits per heavy atom. The standard InChI is InChI=1S/C27H26N6O3S/c1-17-9-10-18(25-28-20-7-3-4-8-21(20)29-25)15-22(17)30-27(37)31-26(34)19-11-12-23(24(16-19)33(35)36)32-13-5-2-6-14-32/h3-4,7-12,15-16H,2,5-6,13-14H2,1H3,(H,28,29)(H2,30,31,34,37). The van der Waals surface area contributed by atoms with E-state index >= 15 is 0 Å². The second-order valence-corrected chi connectivity index (χ2v) is 9.46. The number of H-pyrrole nitrogens is 1. The Balaban J connectivity index is 1.31. The molecule has 1 saturated heterocycles. The van der Waals surface area contributed by atoms with Gasteiger partial charge in [-0.15, -0.1) is 0 Å². The Kier molecular flexibility index (Phi) is 6.82. The van der Waals surface area contributed by atoms with Gasteiger partial charge in [-0.05, 0) is 74.3 Å². The Hall–Kier alpha value is -4.31. The van der Waals surface area contributed by atoms with Crippen LogP contribution in [0.25, 0.3) is 22.4 Å². The van der Waals surface area contributed by atoms with Crippen LogP contribution >= 0.6 is 12.2 Å². The first-order valence-corrected chi connectivity index (χ1v) is 12.5. The number of anilines is 2. The van der Waals surface area contributed by atoms with Crippen LogP contribution in [0.2, 0.25) is 0 Å². The molecule has 10 heteroatoms. The van der Waals surface area contributed by atoms with Crippen LogP contribution in [0.4, 0.5) is 17.1 Å². The molecule has 188 valence electrons. The molecular formula is C27H26N6O3S. The molecule has 0 spiro atoms. The van der Waals surface area contributed by atoms with Gasteiger partial charge < -0.3 is 15.2 Å². The second-order valence-electron chi connectivity index (χ2n) is 9.05. The number of hydrogen-bond donors (Lipinski definition) is 3. The number of benzene rings is 3. The van der Waals surface area contributed by atoms with Crippen molar-refractivity contribution < 1.29 is 9.72 Å². The molecule has 0 aliphatic carbocycles. The minimum Gasteiger partial charge on any atom is -0.366 e. The van der Waals surface area contributed by atoms with Gasteiger partial charge in [-0.1, -0.05) is 24.3 Å². The van der Waals surface area contributed by atoms with Crippen molar-refractivity contribution in [3.8, 4) is 11.4 Å². The molecule has 1 aliphatic rings. The highest BCUT2D eigenvalue weighted by atomic mass is 32.1. The number of thiocarbonyl (C=S) groups is 1. The summed E-state index contributed by atoms with van der Waals surface area (Å²) < 4.78 is 0. The van der Waals surface area contributed by atoms with E-state index in [0.717, 1.165) is 66.0 Å². The lowest BCUT2D eigenvalue weighted by atomic mass is 10.1. The number of para-hydroxylation sites is 2. The summed E-state index contributed by atoms with van der Waals surface area (Å²) >= 11 is 5.39. The molecule has 1 fully saturated rings. The predicted octanol–water partition coefficient (Wildman–Crippen LogP) is 5.56. The fourth-order valence-electron chi connectivity index (χ4n) is 4.54. The molecular weight excluding hydrogens is 488 g/mol. The highest BCUT2D eigenvalue weighted by Crippen LogP contribution is 2.31. The molecule has 1 amide bonds. The topological polar surface area (TPSA) is 116 Å². The number of aromatic amines is 1. The van der Waals surface area contributed by atoms with Gasteiger partial charge in [-0.2, -0.15) is 0 Å². The van der Waals surface area contributed by atoms with Crippen molar-refractivity contribution in [3.63, 3.8) is 0 Å². The summed E-state index contributed by atoms with van der Waals surface area (Å²) in [4.78, 5) is 34.2. The van der Waals surface area contributed by atoms with E-state index in [2.05, 4.69) is 20.6 Å². The number of nitro groups is 1. The molecule has 0 unspecified atom stereocenters.